The summed E-state index contributed by atoms with van der Waals surface area (Å²) in [4.78, 5) is 12.4. The van der Waals surface area contributed by atoms with E-state index in [2.05, 4.69) is 10.2 Å². The molecule has 1 amide bonds. The Morgan fingerprint density at radius 3 is 2.47 bits per heavy atom. The second-order valence-corrected chi connectivity index (χ2v) is 7.62. The van der Waals surface area contributed by atoms with Crippen molar-refractivity contribution < 1.29 is 14.3 Å². The van der Waals surface area contributed by atoms with Crippen molar-refractivity contribution in [2.45, 2.75) is 20.4 Å². The van der Waals surface area contributed by atoms with Crippen LogP contribution < -0.4 is 0 Å². The van der Waals surface area contributed by atoms with E-state index in [1.165, 1.54) is 0 Å². The third-order valence-electron chi connectivity index (χ3n) is 4.81. The number of nitrogens with zero attached hydrogens (tertiary/aromatic N) is 3. The molecule has 0 aliphatic rings. The second-order valence-electron chi connectivity index (χ2n) is 6.81. The van der Waals surface area contributed by atoms with Gasteiger partial charge in [0.1, 0.15) is 11.5 Å². The number of rotatable bonds is 4. The summed E-state index contributed by atoms with van der Waals surface area (Å²) in [5.74, 6) is 0.400. The lowest BCUT2D eigenvalue weighted by atomic mass is 10.2. The number of benzene rings is 2. The van der Waals surface area contributed by atoms with Gasteiger partial charge in [-0.25, -0.2) is 0 Å². The molecule has 8 heteroatoms. The lowest BCUT2D eigenvalue weighted by Crippen LogP contribution is -2.00. The van der Waals surface area contributed by atoms with Gasteiger partial charge in [-0.15, -0.1) is 10.2 Å². The highest BCUT2D eigenvalue weighted by Crippen LogP contribution is 2.40. The fraction of sp³-hybridized carbons (Fsp3) is 0.136. The van der Waals surface area contributed by atoms with Crippen molar-refractivity contribution in [2.75, 3.05) is 0 Å². The van der Waals surface area contributed by atoms with E-state index in [-0.39, 0.29) is 18.1 Å². The zero-order chi connectivity index (χ0) is 21.4. The molecule has 1 N–H and O–H groups in total. The number of aromatic hydroxyl groups is 1. The number of halogens is 2. The number of furan rings is 1. The molecule has 2 aromatic carbocycles. The van der Waals surface area contributed by atoms with Crippen LogP contribution in [0.1, 0.15) is 27.4 Å². The number of carbonyl (C=O) groups excluding carboxylic acids is 1. The summed E-state index contributed by atoms with van der Waals surface area (Å²) in [6.07, 6.45) is 0. The molecule has 4 rings (SSSR count). The molecule has 6 nitrogen and oxygen atoms in total. The molecule has 0 spiro atoms. The number of fused-ring (bicyclic) bond motifs is 1. The van der Waals surface area contributed by atoms with Crippen molar-refractivity contribution in [1.82, 2.24) is 4.57 Å². The molecule has 2 heterocycles. The largest absolute Gasteiger partial charge is 0.493 e. The molecule has 0 aliphatic heterocycles. The van der Waals surface area contributed by atoms with Crippen molar-refractivity contribution in [3.05, 3.63) is 81.2 Å². The van der Waals surface area contributed by atoms with Gasteiger partial charge < -0.3 is 14.1 Å². The number of aryl methyl sites for hydroxylation is 2. The Balaban J connectivity index is 1.77. The highest BCUT2D eigenvalue weighted by Gasteiger charge is 2.19. The van der Waals surface area contributed by atoms with Crippen molar-refractivity contribution in [1.29, 1.82) is 0 Å². The molecule has 2 aromatic heterocycles. The molecule has 0 saturated heterocycles. The van der Waals surface area contributed by atoms with Gasteiger partial charge >= 0.3 is 0 Å². The van der Waals surface area contributed by atoms with E-state index < -0.39 is 5.91 Å². The molecule has 0 bridgehead atoms. The van der Waals surface area contributed by atoms with Crippen LogP contribution in [0.3, 0.4) is 0 Å². The first kappa shape index (κ1) is 20.2. The number of aromatic nitrogens is 1. The predicted octanol–water partition coefficient (Wildman–Crippen LogP) is 6.84. The molecule has 0 atom stereocenters. The summed E-state index contributed by atoms with van der Waals surface area (Å²) in [6, 6.07) is 14.1. The third-order valence-corrected chi connectivity index (χ3v) is 5.52. The van der Waals surface area contributed by atoms with E-state index in [0.717, 1.165) is 0 Å². The van der Waals surface area contributed by atoms with Crippen LogP contribution >= 0.6 is 23.2 Å². The summed E-state index contributed by atoms with van der Waals surface area (Å²) in [5, 5.41) is 20.4. The van der Waals surface area contributed by atoms with Gasteiger partial charge in [-0.1, -0.05) is 47.5 Å². The van der Waals surface area contributed by atoms with Gasteiger partial charge in [0.25, 0.3) is 5.91 Å². The molecule has 0 fully saturated rings. The average Bonchev–Trinajstić information content (AvgIpc) is 3.19. The third kappa shape index (κ3) is 3.60. The van der Waals surface area contributed by atoms with E-state index in [1.54, 1.807) is 48.7 Å². The standard InChI is InChI=1S/C22H17Cl2N3O3/c1-12-10-15(13(2)30-12)21(28)26-25-20-14-6-3-4-9-19(14)27(22(20)29)11-16-17(23)7-5-8-18(16)24/h3-10,29H,11H2,1-2H3. The van der Waals surface area contributed by atoms with Crippen LogP contribution in [0.5, 0.6) is 5.88 Å². The van der Waals surface area contributed by atoms with E-state index in [9.17, 15) is 9.90 Å². The minimum atomic E-state index is -0.547. The van der Waals surface area contributed by atoms with Crippen LogP contribution in [-0.2, 0) is 6.54 Å². The molecule has 0 unspecified atom stereocenters. The first-order chi connectivity index (χ1) is 14.4. The van der Waals surface area contributed by atoms with Crippen LogP contribution in [0, 0.1) is 13.8 Å². The Bertz CT molecular complexity index is 1280. The maximum absolute atomic E-state index is 12.4. The highest BCUT2D eigenvalue weighted by atomic mass is 35.5. The van der Waals surface area contributed by atoms with Gasteiger partial charge in [0, 0.05) is 21.0 Å². The van der Waals surface area contributed by atoms with Crippen LogP contribution in [0.15, 0.2) is 63.2 Å². The minimum Gasteiger partial charge on any atom is -0.493 e. The number of hydrogen-bond acceptors (Lipinski definition) is 4. The van der Waals surface area contributed by atoms with Gasteiger partial charge in [0.15, 0.2) is 5.69 Å². The van der Waals surface area contributed by atoms with Crippen LogP contribution in [0.2, 0.25) is 10.0 Å². The lowest BCUT2D eigenvalue weighted by Gasteiger charge is -2.10. The van der Waals surface area contributed by atoms with Crippen molar-refractivity contribution in [2.24, 2.45) is 10.2 Å². The zero-order valence-corrected chi connectivity index (χ0v) is 17.7. The van der Waals surface area contributed by atoms with Gasteiger partial charge in [-0.3, -0.25) is 4.79 Å². The van der Waals surface area contributed by atoms with E-state index in [0.29, 0.717) is 43.6 Å². The molecule has 30 heavy (non-hydrogen) atoms. The van der Waals surface area contributed by atoms with Crippen LogP contribution in [0.25, 0.3) is 10.9 Å². The molecular formula is C22H17Cl2N3O3. The maximum Gasteiger partial charge on any atom is 0.298 e. The lowest BCUT2D eigenvalue weighted by molar-refractivity contribution is 0.0993. The highest BCUT2D eigenvalue weighted by molar-refractivity contribution is 6.36. The average molecular weight is 442 g/mol. The fourth-order valence-corrected chi connectivity index (χ4v) is 3.88. The summed E-state index contributed by atoms with van der Waals surface area (Å²) in [7, 11) is 0. The normalized spacial score (nSPS) is 11.6. The second kappa shape index (κ2) is 7.97. The van der Waals surface area contributed by atoms with Crippen molar-refractivity contribution in [3.63, 3.8) is 0 Å². The zero-order valence-electron chi connectivity index (χ0n) is 16.2. The summed E-state index contributed by atoms with van der Waals surface area (Å²) < 4.78 is 7.01. The number of carbonyl (C=O) groups is 1. The van der Waals surface area contributed by atoms with Crippen LogP contribution in [-0.4, -0.2) is 15.6 Å². The monoisotopic (exact) mass is 441 g/mol. The smallest absolute Gasteiger partial charge is 0.298 e. The molecule has 4 aromatic rings. The van der Waals surface area contributed by atoms with Gasteiger partial charge in [0.05, 0.1) is 17.6 Å². The number of azo groups is 1. The number of amides is 1. The molecule has 152 valence electrons. The minimum absolute atomic E-state index is 0.135. The van der Waals surface area contributed by atoms with E-state index >= 15 is 0 Å². The van der Waals surface area contributed by atoms with Gasteiger partial charge in [-0.2, -0.15) is 0 Å². The Kier molecular flexibility index (Phi) is 5.37. The quantitative estimate of drug-likeness (QED) is 0.352. The first-order valence-electron chi connectivity index (χ1n) is 9.13. The van der Waals surface area contributed by atoms with Gasteiger partial charge in [0.2, 0.25) is 5.88 Å². The Morgan fingerprint density at radius 1 is 1.10 bits per heavy atom. The Hall–Kier alpha value is -3.09. The number of para-hydroxylation sites is 1. The van der Waals surface area contributed by atoms with E-state index in [1.807, 2.05) is 18.2 Å². The van der Waals surface area contributed by atoms with Crippen LogP contribution in [0.4, 0.5) is 5.69 Å². The van der Waals surface area contributed by atoms with Crippen molar-refractivity contribution in [3.8, 4) is 5.88 Å². The van der Waals surface area contributed by atoms with E-state index in [4.69, 9.17) is 27.6 Å². The summed E-state index contributed by atoms with van der Waals surface area (Å²) in [5.41, 5.74) is 1.91. The molecule has 0 radical (unpaired) electrons. The Labute approximate surface area is 182 Å². The molecule has 0 saturated carbocycles. The molecule has 0 aliphatic carbocycles. The fourth-order valence-electron chi connectivity index (χ4n) is 3.36. The molecular weight excluding hydrogens is 425 g/mol. The SMILES string of the molecule is Cc1cc(C(=O)N=Nc2c(O)n(Cc3c(Cl)cccc3Cl)c3ccccc23)c(C)o1. The maximum atomic E-state index is 12.4. The summed E-state index contributed by atoms with van der Waals surface area (Å²) >= 11 is 12.6. The predicted molar refractivity (Wildman–Crippen MR) is 116 cm³/mol. The number of hydrogen-bond donors (Lipinski definition) is 1. The van der Waals surface area contributed by atoms with Gasteiger partial charge in [-0.05, 0) is 38.1 Å². The topological polar surface area (TPSA) is 80.1 Å². The first-order valence-corrected chi connectivity index (χ1v) is 9.88. The summed E-state index contributed by atoms with van der Waals surface area (Å²) in [6.45, 7) is 3.67. The van der Waals surface area contributed by atoms with Crippen molar-refractivity contribution >= 4 is 45.7 Å². The Morgan fingerprint density at radius 2 is 1.80 bits per heavy atom.